The molecule has 0 atom stereocenters. The molecule has 2 aromatic rings. The fraction of sp³-hybridized carbons (Fsp3) is 0.500. The zero-order valence-corrected chi connectivity index (χ0v) is 12.7. The Morgan fingerprint density at radius 2 is 2.24 bits per heavy atom. The molecule has 1 amide bonds. The SMILES string of the molecule is Nc1c(C(=O)NCCCN2CCCC2)sc2nnccc12. The third kappa shape index (κ3) is 3.14. The molecule has 0 radical (unpaired) electrons. The molecule has 1 fully saturated rings. The van der Waals surface area contributed by atoms with Crippen molar-refractivity contribution in [2.45, 2.75) is 19.3 Å². The first kappa shape index (κ1) is 14.2. The highest BCUT2D eigenvalue weighted by Crippen LogP contribution is 2.31. The largest absolute Gasteiger partial charge is 0.397 e. The molecule has 21 heavy (non-hydrogen) atoms. The van der Waals surface area contributed by atoms with Crippen LogP contribution in [0.2, 0.25) is 0 Å². The Kier molecular flexibility index (Phi) is 4.31. The first-order valence-electron chi connectivity index (χ1n) is 7.26. The van der Waals surface area contributed by atoms with Gasteiger partial charge in [0.05, 0.1) is 11.9 Å². The molecule has 0 aliphatic carbocycles. The van der Waals surface area contributed by atoms with Crippen LogP contribution >= 0.6 is 11.3 Å². The minimum atomic E-state index is -0.114. The highest BCUT2D eigenvalue weighted by atomic mass is 32.1. The molecular formula is C14H19N5OS. The van der Waals surface area contributed by atoms with Crippen LogP contribution in [0, 0.1) is 0 Å². The van der Waals surface area contributed by atoms with Gasteiger partial charge in [-0.05, 0) is 45.0 Å². The number of hydrogen-bond acceptors (Lipinski definition) is 6. The van der Waals surface area contributed by atoms with Gasteiger partial charge in [-0.3, -0.25) is 4.79 Å². The molecule has 7 heteroatoms. The fourth-order valence-corrected chi connectivity index (χ4v) is 3.59. The average Bonchev–Trinajstić information content (AvgIpc) is 3.12. The zero-order valence-electron chi connectivity index (χ0n) is 11.8. The summed E-state index contributed by atoms with van der Waals surface area (Å²) in [6, 6.07) is 1.79. The predicted molar refractivity (Wildman–Crippen MR) is 84.5 cm³/mol. The molecule has 6 nitrogen and oxygen atoms in total. The van der Waals surface area contributed by atoms with Gasteiger partial charge < -0.3 is 16.0 Å². The Labute approximate surface area is 127 Å². The summed E-state index contributed by atoms with van der Waals surface area (Å²) in [5.41, 5.74) is 6.52. The number of nitrogen functional groups attached to an aromatic ring is 1. The van der Waals surface area contributed by atoms with Gasteiger partial charge in [0.25, 0.3) is 5.91 Å². The van der Waals surface area contributed by atoms with E-state index < -0.39 is 0 Å². The molecule has 1 saturated heterocycles. The molecule has 0 aromatic carbocycles. The maximum atomic E-state index is 12.2. The Morgan fingerprint density at radius 1 is 1.43 bits per heavy atom. The number of hydrogen-bond donors (Lipinski definition) is 2. The van der Waals surface area contributed by atoms with E-state index in [1.807, 2.05) is 0 Å². The number of carbonyl (C=O) groups excluding carboxylic acids is 1. The van der Waals surface area contributed by atoms with Crippen LogP contribution in [0.4, 0.5) is 5.69 Å². The van der Waals surface area contributed by atoms with Crippen LogP contribution in [0.1, 0.15) is 28.9 Å². The molecule has 3 heterocycles. The van der Waals surface area contributed by atoms with Gasteiger partial charge in [0.15, 0.2) is 0 Å². The Hall–Kier alpha value is -1.73. The second-order valence-corrected chi connectivity index (χ2v) is 6.25. The Balaban J connectivity index is 1.55. The van der Waals surface area contributed by atoms with E-state index >= 15 is 0 Å². The van der Waals surface area contributed by atoms with Crippen molar-refractivity contribution in [1.82, 2.24) is 20.4 Å². The highest BCUT2D eigenvalue weighted by molar-refractivity contribution is 7.21. The third-order valence-electron chi connectivity index (χ3n) is 3.76. The zero-order chi connectivity index (χ0) is 14.7. The van der Waals surface area contributed by atoms with Crippen molar-refractivity contribution in [3.8, 4) is 0 Å². The molecule has 3 rings (SSSR count). The fourth-order valence-electron chi connectivity index (χ4n) is 2.63. The van der Waals surface area contributed by atoms with Crippen molar-refractivity contribution in [1.29, 1.82) is 0 Å². The molecule has 1 aliphatic rings. The normalized spacial score (nSPS) is 15.6. The minimum Gasteiger partial charge on any atom is -0.397 e. The monoisotopic (exact) mass is 305 g/mol. The number of amides is 1. The number of aromatic nitrogens is 2. The number of anilines is 1. The van der Waals surface area contributed by atoms with Crippen molar-refractivity contribution in [2.24, 2.45) is 0 Å². The lowest BCUT2D eigenvalue weighted by atomic mass is 10.3. The molecule has 3 N–H and O–H groups in total. The van der Waals surface area contributed by atoms with Gasteiger partial charge in [-0.1, -0.05) is 0 Å². The van der Waals surface area contributed by atoms with E-state index in [0.717, 1.165) is 18.4 Å². The van der Waals surface area contributed by atoms with E-state index in [2.05, 4.69) is 20.4 Å². The second-order valence-electron chi connectivity index (χ2n) is 5.25. The van der Waals surface area contributed by atoms with Gasteiger partial charge in [0, 0.05) is 11.9 Å². The standard InChI is InChI=1S/C14H19N5OS/c15-11-10-4-6-17-18-14(10)21-12(11)13(20)16-5-3-9-19-7-1-2-8-19/h4,6H,1-3,5,7-9,15H2,(H,16,20). The minimum absolute atomic E-state index is 0.114. The lowest BCUT2D eigenvalue weighted by Crippen LogP contribution is -2.28. The Morgan fingerprint density at radius 3 is 3.00 bits per heavy atom. The van der Waals surface area contributed by atoms with Crippen molar-refractivity contribution in [3.63, 3.8) is 0 Å². The first-order valence-corrected chi connectivity index (χ1v) is 8.07. The van der Waals surface area contributed by atoms with E-state index in [1.54, 1.807) is 12.3 Å². The highest BCUT2D eigenvalue weighted by Gasteiger charge is 2.17. The van der Waals surface area contributed by atoms with Crippen LogP contribution in [0.25, 0.3) is 10.2 Å². The molecule has 112 valence electrons. The molecule has 2 aromatic heterocycles. The molecular weight excluding hydrogens is 286 g/mol. The van der Waals surface area contributed by atoms with E-state index in [1.165, 1.54) is 37.3 Å². The van der Waals surface area contributed by atoms with E-state index in [-0.39, 0.29) is 5.91 Å². The lowest BCUT2D eigenvalue weighted by Gasteiger charge is -2.14. The van der Waals surface area contributed by atoms with Crippen LogP contribution < -0.4 is 11.1 Å². The summed E-state index contributed by atoms with van der Waals surface area (Å²) in [6.07, 6.45) is 5.15. The van der Waals surface area contributed by atoms with Crippen molar-refractivity contribution >= 4 is 33.1 Å². The summed E-state index contributed by atoms with van der Waals surface area (Å²) in [5, 5.41) is 11.6. The maximum absolute atomic E-state index is 12.2. The quantitative estimate of drug-likeness (QED) is 0.818. The maximum Gasteiger partial charge on any atom is 0.263 e. The molecule has 1 aliphatic heterocycles. The third-order valence-corrected chi connectivity index (χ3v) is 4.87. The topological polar surface area (TPSA) is 84.1 Å². The predicted octanol–water partition coefficient (Wildman–Crippen LogP) is 1.49. The van der Waals surface area contributed by atoms with E-state index in [9.17, 15) is 4.79 Å². The molecule has 0 unspecified atom stereocenters. The van der Waals surface area contributed by atoms with Gasteiger partial charge >= 0.3 is 0 Å². The lowest BCUT2D eigenvalue weighted by molar-refractivity contribution is 0.0957. The number of fused-ring (bicyclic) bond motifs is 1. The summed E-state index contributed by atoms with van der Waals surface area (Å²) in [5.74, 6) is -0.114. The molecule has 0 saturated carbocycles. The number of nitrogens with one attached hydrogen (secondary N) is 1. The summed E-state index contributed by atoms with van der Waals surface area (Å²) < 4.78 is 0. The number of nitrogens with two attached hydrogens (primary N) is 1. The van der Waals surface area contributed by atoms with Crippen LogP contribution in [0.3, 0.4) is 0 Å². The van der Waals surface area contributed by atoms with Crippen LogP contribution in [0.15, 0.2) is 12.3 Å². The van der Waals surface area contributed by atoms with Gasteiger partial charge in [0.2, 0.25) is 0 Å². The van der Waals surface area contributed by atoms with Crippen molar-refractivity contribution < 1.29 is 4.79 Å². The first-order chi connectivity index (χ1) is 10.3. The smallest absolute Gasteiger partial charge is 0.263 e. The summed E-state index contributed by atoms with van der Waals surface area (Å²) in [7, 11) is 0. The van der Waals surface area contributed by atoms with Gasteiger partial charge in [-0.25, -0.2) is 0 Å². The summed E-state index contributed by atoms with van der Waals surface area (Å²) in [4.78, 5) is 15.9. The van der Waals surface area contributed by atoms with E-state index in [0.29, 0.717) is 21.9 Å². The van der Waals surface area contributed by atoms with Crippen LogP contribution in [-0.4, -0.2) is 47.2 Å². The van der Waals surface area contributed by atoms with Crippen molar-refractivity contribution in [2.75, 3.05) is 31.9 Å². The molecule has 0 spiro atoms. The average molecular weight is 305 g/mol. The van der Waals surface area contributed by atoms with Gasteiger partial charge in [-0.15, -0.1) is 16.4 Å². The summed E-state index contributed by atoms with van der Waals surface area (Å²) in [6.45, 7) is 4.11. The Bertz CT molecular complexity index is 635. The molecule has 0 bridgehead atoms. The second kappa shape index (κ2) is 6.36. The number of carbonyl (C=O) groups is 1. The number of nitrogens with zero attached hydrogens (tertiary/aromatic N) is 3. The number of rotatable bonds is 5. The number of likely N-dealkylation sites (tertiary alicyclic amines) is 1. The summed E-state index contributed by atoms with van der Waals surface area (Å²) >= 11 is 1.29. The van der Waals surface area contributed by atoms with Gasteiger partial charge in [0.1, 0.15) is 9.71 Å². The van der Waals surface area contributed by atoms with Crippen LogP contribution in [0.5, 0.6) is 0 Å². The van der Waals surface area contributed by atoms with Crippen molar-refractivity contribution in [3.05, 3.63) is 17.1 Å². The number of thiophene rings is 1. The van der Waals surface area contributed by atoms with Crippen LogP contribution in [-0.2, 0) is 0 Å². The van der Waals surface area contributed by atoms with E-state index in [4.69, 9.17) is 5.73 Å². The van der Waals surface area contributed by atoms with Gasteiger partial charge in [-0.2, -0.15) is 5.10 Å².